The molecular weight excluding hydrogens is 384 g/mol. The third-order valence-corrected chi connectivity index (χ3v) is 5.73. The fourth-order valence-corrected chi connectivity index (χ4v) is 4.43. The van der Waals surface area contributed by atoms with Crippen LogP contribution in [0.25, 0.3) is 10.2 Å². The molecule has 5 heteroatoms. The molecule has 1 amide bonds. The second-order valence-electron chi connectivity index (χ2n) is 6.11. The van der Waals surface area contributed by atoms with Gasteiger partial charge in [-0.1, -0.05) is 55.5 Å². The van der Waals surface area contributed by atoms with E-state index in [1.807, 2.05) is 41.9 Å². The minimum absolute atomic E-state index is 0.120. The average Bonchev–Trinajstić information content (AvgIpc) is 2.85. The number of rotatable bonds is 3. The van der Waals surface area contributed by atoms with Gasteiger partial charge in [-0.15, -0.1) is 0 Å². The van der Waals surface area contributed by atoms with Crippen molar-refractivity contribution in [2.45, 2.75) is 26.2 Å². The van der Waals surface area contributed by atoms with Crippen LogP contribution in [-0.4, -0.2) is 10.5 Å². The molecule has 124 valence electrons. The van der Waals surface area contributed by atoms with Crippen molar-refractivity contribution in [3.8, 4) is 0 Å². The molecule has 1 aromatic heterocycles. The predicted molar refractivity (Wildman–Crippen MR) is 103 cm³/mol. The number of halogens is 1. The van der Waals surface area contributed by atoms with Crippen molar-refractivity contribution in [2.24, 2.45) is 12.0 Å². The molecule has 0 aliphatic rings. The molecule has 0 atom stereocenters. The lowest BCUT2D eigenvalue weighted by Gasteiger charge is -2.05. The van der Waals surface area contributed by atoms with E-state index in [9.17, 15) is 4.79 Å². The topological polar surface area (TPSA) is 34.4 Å². The molecule has 3 nitrogen and oxygen atoms in total. The van der Waals surface area contributed by atoms with Crippen LogP contribution >= 0.6 is 27.3 Å². The Bertz CT molecular complexity index is 952. The fourth-order valence-electron chi connectivity index (χ4n) is 2.60. The molecule has 1 heterocycles. The number of carbonyl (C=O) groups excluding carboxylic acids is 1. The van der Waals surface area contributed by atoms with Crippen LogP contribution in [0.3, 0.4) is 0 Å². The van der Waals surface area contributed by atoms with Crippen molar-refractivity contribution in [2.75, 3.05) is 0 Å². The van der Waals surface area contributed by atoms with E-state index >= 15 is 0 Å². The van der Waals surface area contributed by atoms with E-state index < -0.39 is 0 Å². The molecule has 24 heavy (non-hydrogen) atoms. The zero-order chi connectivity index (χ0) is 17.3. The molecule has 0 unspecified atom stereocenters. The van der Waals surface area contributed by atoms with Gasteiger partial charge in [0.05, 0.1) is 16.6 Å². The van der Waals surface area contributed by atoms with E-state index in [-0.39, 0.29) is 5.91 Å². The number of aryl methyl sites for hydroxylation is 1. The van der Waals surface area contributed by atoms with Crippen LogP contribution < -0.4 is 4.80 Å². The first-order valence-electron chi connectivity index (χ1n) is 7.86. The van der Waals surface area contributed by atoms with Crippen LogP contribution in [0, 0.1) is 0 Å². The molecule has 0 bridgehead atoms. The second kappa shape index (κ2) is 7.03. The molecule has 0 aliphatic carbocycles. The lowest BCUT2D eigenvalue weighted by Crippen LogP contribution is -2.14. The number of aromatic nitrogens is 1. The molecule has 0 N–H and O–H groups in total. The van der Waals surface area contributed by atoms with Crippen molar-refractivity contribution in [3.05, 3.63) is 62.9 Å². The van der Waals surface area contributed by atoms with E-state index in [2.05, 4.69) is 46.9 Å². The third-order valence-electron chi connectivity index (χ3n) is 4.00. The van der Waals surface area contributed by atoms with E-state index in [0.29, 0.717) is 12.3 Å². The van der Waals surface area contributed by atoms with Crippen LogP contribution in [0.15, 0.2) is 51.9 Å². The predicted octanol–water partition coefficient (Wildman–Crippen LogP) is 4.80. The molecule has 0 radical (unpaired) electrons. The molecule has 3 rings (SSSR count). The van der Waals surface area contributed by atoms with Gasteiger partial charge in [0.25, 0.3) is 5.91 Å². The molecule has 0 saturated carbocycles. The van der Waals surface area contributed by atoms with Crippen molar-refractivity contribution >= 4 is 43.4 Å². The maximum absolute atomic E-state index is 12.3. The summed E-state index contributed by atoms with van der Waals surface area (Å²) in [6.45, 7) is 4.32. The molecule has 2 aromatic carbocycles. The maximum Gasteiger partial charge on any atom is 0.252 e. The normalized spacial score (nSPS) is 12.3. The Hall–Kier alpha value is -1.72. The minimum Gasteiger partial charge on any atom is -0.318 e. The average molecular weight is 403 g/mol. The highest BCUT2D eigenvalue weighted by atomic mass is 79.9. The van der Waals surface area contributed by atoms with Crippen molar-refractivity contribution in [1.82, 2.24) is 4.57 Å². The monoisotopic (exact) mass is 402 g/mol. The summed E-state index contributed by atoms with van der Waals surface area (Å²) in [6.07, 6.45) is 0.327. The van der Waals surface area contributed by atoms with Crippen LogP contribution in [0.5, 0.6) is 0 Å². The number of fused-ring (bicyclic) bond motifs is 1. The molecule has 3 aromatic rings. The fraction of sp³-hybridized carbons (Fsp3) is 0.263. The maximum atomic E-state index is 12.3. The number of carbonyl (C=O) groups is 1. The Morgan fingerprint density at radius 2 is 1.92 bits per heavy atom. The van der Waals surface area contributed by atoms with Gasteiger partial charge in [0.2, 0.25) is 0 Å². The summed E-state index contributed by atoms with van der Waals surface area (Å²) in [4.78, 5) is 17.4. The van der Waals surface area contributed by atoms with E-state index in [4.69, 9.17) is 0 Å². The van der Waals surface area contributed by atoms with Gasteiger partial charge < -0.3 is 4.57 Å². The number of amides is 1. The first-order chi connectivity index (χ1) is 11.5. The van der Waals surface area contributed by atoms with E-state index in [1.54, 1.807) is 0 Å². The van der Waals surface area contributed by atoms with Crippen molar-refractivity contribution in [1.29, 1.82) is 0 Å². The highest BCUT2D eigenvalue weighted by Crippen LogP contribution is 2.24. The number of hydrogen-bond acceptors (Lipinski definition) is 2. The van der Waals surface area contributed by atoms with Gasteiger partial charge in [-0.05, 0) is 45.1 Å². The van der Waals surface area contributed by atoms with Gasteiger partial charge in [0, 0.05) is 11.5 Å². The molecule has 0 fully saturated rings. The smallest absolute Gasteiger partial charge is 0.252 e. The van der Waals surface area contributed by atoms with Gasteiger partial charge in [-0.3, -0.25) is 4.79 Å². The Morgan fingerprint density at radius 3 is 2.54 bits per heavy atom. The Balaban J connectivity index is 1.87. The Morgan fingerprint density at radius 1 is 1.21 bits per heavy atom. The van der Waals surface area contributed by atoms with Gasteiger partial charge >= 0.3 is 0 Å². The summed E-state index contributed by atoms with van der Waals surface area (Å²) >= 11 is 5.09. The molecule has 0 aliphatic heterocycles. The largest absolute Gasteiger partial charge is 0.318 e. The van der Waals surface area contributed by atoms with Gasteiger partial charge in [0.15, 0.2) is 4.80 Å². The summed E-state index contributed by atoms with van der Waals surface area (Å²) < 4.78 is 4.08. The Labute approximate surface area is 153 Å². The molecule has 0 spiro atoms. The number of para-hydroxylation sites is 1. The summed E-state index contributed by atoms with van der Waals surface area (Å²) in [5.41, 5.74) is 3.34. The molecule has 0 saturated heterocycles. The van der Waals surface area contributed by atoms with E-state index in [0.717, 1.165) is 25.1 Å². The highest BCUT2D eigenvalue weighted by molar-refractivity contribution is 9.10. The summed E-state index contributed by atoms with van der Waals surface area (Å²) in [6, 6.07) is 14.2. The summed E-state index contributed by atoms with van der Waals surface area (Å²) in [5, 5.41) is 0. The van der Waals surface area contributed by atoms with Crippen LogP contribution in [0.1, 0.15) is 30.9 Å². The summed E-state index contributed by atoms with van der Waals surface area (Å²) in [7, 11) is 1.94. The lowest BCUT2D eigenvalue weighted by atomic mass is 10.0. The molecular formula is C19H19BrN2OS. The minimum atomic E-state index is -0.120. The number of nitrogens with zero attached hydrogens (tertiary/aromatic N) is 2. The lowest BCUT2D eigenvalue weighted by molar-refractivity contribution is -0.117. The zero-order valence-electron chi connectivity index (χ0n) is 13.9. The summed E-state index contributed by atoms with van der Waals surface area (Å²) in [5.74, 6) is 0.376. The van der Waals surface area contributed by atoms with Gasteiger partial charge in [-0.2, -0.15) is 4.99 Å². The number of thiazole rings is 1. The second-order valence-corrected chi connectivity index (χ2v) is 7.97. The number of hydrogen-bond donors (Lipinski definition) is 0. The van der Waals surface area contributed by atoms with E-state index in [1.165, 1.54) is 16.9 Å². The van der Waals surface area contributed by atoms with Crippen molar-refractivity contribution in [3.63, 3.8) is 0 Å². The number of benzene rings is 2. The highest BCUT2D eigenvalue weighted by Gasteiger charge is 2.08. The standard InChI is InChI=1S/C19H19BrN2OS/c1-12(2)14-9-7-13(8-10-14)11-17(23)21-19-22(3)18-15(20)5-4-6-16(18)24-19/h4-10,12H,11H2,1-3H3. The first kappa shape index (κ1) is 17.1. The van der Waals surface area contributed by atoms with Crippen LogP contribution in [0.4, 0.5) is 0 Å². The van der Waals surface area contributed by atoms with Crippen LogP contribution in [0.2, 0.25) is 0 Å². The SMILES string of the molecule is CC(C)c1ccc(CC(=O)N=c2sc3cccc(Br)c3n2C)cc1. The van der Waals surface area contributed by atoms with Crippen LogP contribution in [-0.2, 0) is 18.3 Å². The van der Waals surface area contributed by atoms with Crippen molar-refractivity contribution < 1.29 is 4.79 Å². The van der Waals surface area contributed by atoms with Gasteiger partial charge in [0.1, 0.15) is 0 Å². The third kappa shape index (κ3) is 3.52. The quantitative estimate of drug-likeness (QED) is 0.619. The zero-order valence-corrected chi connectivity index (χ0v) is 16.3. The first-order valence-corrected chi connectivity index (χ1v) is 9.47. The van der Waals surface area contributed by atoms with Gasteiger partial charge in [-0.25, -0.2) is 0 Å². The Kier molecular flexibility index (Phi) is 5.01.